The number of nitrogens with one attached hydrogen (secondary N) is 1. The fourth-order valence-electron chi connectivity index (χ4n) is 3.42. The lowest BCUT2D eigenvalue weighted by Gasteiger charge is -2.36. The van der Waals surface area contributed by atoms with Gasteiger partial charge < -0.3 is 14.7 Å². The molecule has 0 saturated carbocycles. The van der Waals surface area contributed by atoms with Crippen LogP contribution in [0.1, 0.15) is 15.6 Å². The molecule has 1 fully saturated rings. The molecule has 30 heavy (non-hydrogen) atoms. The molecule has 0 unspecified atom stereocenters. The highest BCUT2D eigenvalue weighted by Gasteiger charge is 2.20. The van der Waals surface area contributed by atoms with Crippen molar-refractivity contribution in [3.05, 3.63) is 45.4 Å². The number of hydrogen-bond donors (Lipinski definition) is 1. The minimum Gasteiger partial charge on any atom is -0.364 e. The van der Waals surface area contributed by atoms with E-state index in [0.29, 0.717) is 0 Å². The van der Waals surface area contributed by atoms with Gasteiger partial charge in [0.25, 0.3) is 0 Å². The molecule has 3 aromatic heterocycles. The number of guanidine groups is 1. The van der Waals surface area contributed by atoms with Crippen LogP contribution in [0, 0.1) is 6.92 Å². The van der Waals surface area contributed by atoms with E-state index in [1.807, 2.05) is 31.4 Å². The molecule has 10 heteroatoms. The van der Waals surface area contributed by atoms with Crippen molar-refractivity contribution in [2.45, 2.75) is 19.9 Å². The molecule has 1 N–H and O–H groups in total. The lowest BCUT2D eigenvalue weighted by molar-refractivity contribution is 0.169. The van der Waals surface area contributed by atoms with Crippen molar-refractivity contribution in [1.29, 1.82) is 0 Å². The predicted molar refractivity (Wildman–Crippen MR) is 134 cm³/mol. The van der Waals surface area contributed by atoms with Crippen LogP contribution >= 0.6 is 46.7 Å². The number of aryl methyl sites for hydroxylation is 1. The molecule has 0 aliphatic carbocycles. The zero-order chi connectivity index (χ0) is 20.1. The normalized spacial score (nSPS) is 15.3. The van der Waals surface area contributed by atoms with E-state index in [1.54, 1.807) is 17.6 Å². The van der Waals surface area contributed by atoms with Gasteiger partial charge in [-0.05, 0) is 25.5 Å². The van der Waals surface area contributed by atoms with Crippen LogP contribution in [0.2, 0.25) is 0 Å². The standard InChI is InChI=1S/C20H26N6OS2.HI/c1-15-23-18(14-28-15)19-4-3-17(29-19)5-7-22-20(21-2)26-10-8-25(9-11-26)13-16-6-12-27-24-16;/h3-4,6,12,14H,5,7-11,13H2,1-2H3,(H,21,22);1H. The van der Waals surface area contributed by atoms with Crippen LogP contribution in [-0.2, 0) is 13.0 Å². The van der Waals surface area contributed by atoms with Crippen molar-refractivity contribution in [3.8, 4) is 10.6 Å². The Kier molecular flexibility index (Phi) is 8.66. The van der Waals surface area contributed by atoms with E-state index in [4.69, 9.17) is 4.52 Å². The first-order valence-electron chi connectivity index (χ1n) is 9.79. The summed E-state index contributed by atoms with van der Waals surface area (Å²) in [6, 6.07) is 6.32. The van der Waals surface area contributed by atoms with Gasteiger partial charge in [-0.15, -0.1) is 46.7 Å². The van der Waals surface area contributed by atoms with Crippen LogP contribution in [0.15, 0.2) is 39.4 Å². The zero-order valence-electron chi connectivity index (χ0n) is 17.2. The summed E-state index contributed by atoms with van der Waals surface area (Å²) in [6.45, 7) is 7.68. The van der Waals surface area contributed by atoms with Gasteiger partial charge in [-0.3, -0.25) is 9.89 Å². The van der Waals surface area contributed by atoms with E-state index >= 15 is 0 Å². The van der Waals surface area contributed by atoms with E-state index in [1.165, 1.54) is 9.75 Å². The Morgan fingerprint density at radius 1 is 1.23 bits per heavy atom. The van der Waals surface area contributed by atoms with Gasteiger partial charge >= 0.3 is 0 Å². The summed E-state index contributed by atoms with van der Waals surface area (Å²) in [5.74, 6) is 0.984. The summed E-state index contributed by atoms with van der Waals surface area (Å²) in [6.07, 6.45) is 2.62. The van der Waals surface area contributed by atoms with Gasteiger partial charge in [0.1, 0.15) is 6.26 Å². The fraction of sp³-hybridized carbons (Fsp3) is 0.450. The molecule has 0 spiro atoms. The number of rotatable bonds is 6. The maximum atomic E-state index is 4.92. The Bertz CT molecular complexity index is 931. The molecule has 3 aromatic rings. The molecule has 0 amide bonds. The molecule has 0 radical (unpaired) electrons. The monoisotopic (exact) mass is 558 g/mol. The molecule has 1 aliphatic rings. The van der Waals surface area contributed by atoms with Gasteiger partial charge in [-0.25, -0.2) is 4.98 Å². The maximum Gasteiger partial charge on any atom is 0.193 e. The molecule has 1 aliphatic heterocycles. The Morgan fingerprint density at radius 2 is 2.07 bits per heavy atom. The van der Waals surface area contributed by atoms with Crippen LogP contribution in [0.5, 0.6) is 0 Å². The van der Waals surface area contributed by atoms with E-state index in [2.05, 4.69) is 47.8 Å². The highest BCUT2D eigenvalue weighted by atomic mass is 127. The van der Waals surface area contributed by atoms with Gasteiger partial charge in [0.2, 0.25) is 0 Å². The van der Waals surface area contributed by atoms with Crippen LogP contribution in [0.4, 0.5) is 0 Å². The molecule has 0 atom stereocenters. The third-order valence-electron chi connectivity index (χ3n) is 4.95. The van der Waals surface area contributed by atoms with Crippen LogP contribution < -0.4 is 5.32 Å². The summed E-state index contributed by atoms with van der Waals surface area (Å²) in [5, 5.41) is 10.8. The van der Waals surface area contributed by atoms with E-state index in [0.717, 1.165) is 68.0 Å². The third-order valence-corrected chi connectivity index (χ3v) is 6.89. The minimum absolute atomic E-state index is 0. The summed E-state index contributed by atoms with van der Waals surface area (Å²) in [4.78, 5) is 16.4. The number of halogens is 1. The van der Waals surface area contributed by atoms with Crippen molar-refractivity contribution in [1.82, 2.24) is 25.3 Å². The Hall–Kier alpha value is -1.50. The Labute approximate surface area is 202 Å². The third kappa shape index (κ3) is 6.02. The quantitative estimate of drug-likeness (QED) is 0.283. The lowest BCUT2D eigenvalue weighted by Crippen LogP contribution is -2.52. The molecule has 7 nitrogen and oxygen atoms in total. The second kappa shape index (κ2) is 11.2. The van der Waals surface area contributed by atoms with Gasteiger partial charge in [0, 0.05) is 62.6 Å². The zero-order valence-corrected chi connectivity index (χ0v) is 21.2. The van der Waals surface area contributed by atoms with Crippen molar-refractivity contribution < 1.29 is 4.52 Å². The Balaban J connectivity index is 0.00000256. The highest BCUT2D eigenvalue weighted by Crippen LogP contribution is 2.29. The molecule has 4 heterocycles. The number of nitrogens with zero attached hydrogens (tertiary/aromatic N) is 5. The molecule has 0 bridgehead atoms. The summed E-state index contributed by atoms with van der Waals surface area (Å²) in [7, 11) is 1.86. The van der Waals surface area contributed by atoms with Crippen molar-refractivity contribution in [2.75, 3.05) is 39.8 Å². The number of thiophene rings is 1. The second-order valence-corrected chi connectivity index (χ2v) is 9.23. The molecular weight excluding hydrogens is 531 g/mol. The van der Waals surface area contributed by atoms with Gasteiger partial charge in [-0.2, -0.15) is 0 Å². The summed E-state index contributed by atoms with van der Waals surface area (Å²) in [5.41, 5.74) is 2.08. The van der Waals surface area contributed by atoms with Crippen molar-refractivity contribution >= 4 is 52.6 Å². The molecule has 0 aromatic carbocycles. The number of aliphatic imine (C=N–C) groups is 1. The van der Waals surface area contributed by atoms with Gasteiger partial charge in [0.15, 0.2) is 5.96 Å². The average Bonchev–Trinajstić information content (AvgIpc) is 3.48. The van der Waals surface area contributed by atoms with Crippen LogP contribution in [-0.4, -0.2) is 65.7 Å². The van der Waals surface area contributed by atoms with Gasteiger partial charge in [-0.1, -0.05) is 5.16 Å². The van der Waals surface area contributed by atoms with Crippen molar-refractivity contribution in [2.24, 2.45) is 4.99 Å². The van der Waals surface area contributed by atoms with E-state index in [-0.39, 0.29) is 24.0 Å². The molecule has 1 saturated heterocycles. The van der Waals surface area contributed by atoms with Crippen molar-refractivity contribution in [3.63, 3.8) is 0 Å². The number of hydrogen-bond acceptors (Lipinski definition) is 7. The van der Waals surface area contributed by atoms with Gasteiger partial charge in [0.05, 0.1) is 21.3 Å². The van der Waals surface area contributed by atoms with Crippen LogP contribution in [0.3, 0.4) is 0 Å². The maximum absolute atomic E-state index is 4.92. The molecule has 4 rings (SSSR count). The smallest absolute Gasteiger partial charge is 0.193 e. The molecular formula is C20H27IN6OS2. The first kappa shape index (κ1) is 23.2. The Morgan fingerprint density at radius 3 is 2.73 bits per heavy atom. The largest absolute Gasteiger partial charge is 0.364 e. The average molecular weight is 559 g/mol. The second-order valence-electron chi connectivity index (χ2n) is 7.00. The summed E-state index contributed by atoms with van der Waals surface area (Å²) >= 11 is 3.53. The SMILES string of the molecule is CN=C(NCCc1ccc(-c2csc(C)n2)s1)N1CCN(Cc2ccon2)CC1.I. The highest BCUT2D eigenvalue weighted by molar-refractivity contribution is 14.0. The fourth-order valence-corrected chi connectivity index (χ4v) is 5.08. The number of thiazole rings is 1. The number of piperazine rings is 1. The number of aromatic nitrogens is 2. The van der Waals surface area contributed by atoms with E-state index in [9.17, 15) is 0 Å². The first-order valence-corrected chi connectivity index (χ1v) is 11.5. The first-order chi connectivity index (χ1) is 14.2. The topological polar surface area (TPSA) is 69.8 Å². The summed E-state index contributed by atoms with van der Waals surface area (Å²) < 4.78 is 4.92. The predicted octanol–water partition coefficient (Wildman–Crippen LogP) is 3.72. The molecule has 162 valence electrons. The van der Waals surface area contributed by atoms with E-state index < -0.39 is 0 Å². The van der Waals surface area contributed by atoms with Crippen LogP contribution in [0.25, 0.3) is 10.6 Å². The minimum atomic E-state index is 0. The lowest BCUT2D eigenvalue weighted by atomic mass is 10.3.